The quantitative estimate of drug-likeness (QED) is 0.589. The minimum Gasteiger partial charge on any atom is -0.378 e. The summed E-state index contributed by atoms with van der Waals surface area (Å²) in [4.78, 5) is 14.1. The Kier molecular flexibility index (Phi) is 6.14. The number of nitrogens with one attached hydrogen (secondary N) is 3. The number of rotatable bonds is 4. The van der Waals surface area contributed by atoms with Crippen LogP contribution >= 0.6 is 12.2 Å². The molecule has 0 spiro atoms. The van der Waals surface area contributed by atoms with E-state index in [1.165, 1.54) is 0 Å². The van der Waals surface area contributed by atoms with E-state index in [1.54, 1.807) is 6.07 Å². The number of hydrogen-bond acceptors (Lipinski definition) is 3. The van der Waals surface area contributed by atoms with Gasteiger partial charge in [-0.3, -0.25) is 15.6 Å². The van der Waals surface area contributed by atoms with Crippen LogP contribution in [-0.4, -0.2) is 25.1 Å². The molecule has 0 aliphatic carbocycles. The molecular formula is C18H22N4OS. The van der Waals surface area contributed by atoms with Gasteiger partial charge >= 0.3 is 0 Å². The number of carbonyl (C=O) groups is 1. The van der Waals surface area contributed by atoms with Gasteiger partial charge < -0.3 is 10.2 Å². The Morgan fingerprint density at radius 1 is 1.04 bits per heavy atom. The second kappa shape index (κ2) is 8.31. The highest BCUT2D eigenvalue weighted by molar-refractivity contribution is 7.80. The van der Waals surface area contributed by atoms with Crippen LogP contribution in [0.3, 0.4) is 0 Å². The third-order valence-electron chi connectivity index (χ3n) is 3.56. The van der Waals surface area contributed by atoms with Crippen LogP contribution in [-0.2, 0) is 0 Å². The fourth-order valence-electron chi connectivity index (χ4n) is 2.17. The van der Waals surface area contributed by atoms with Gasteiger partial charge in [-0.1, -0.05) is 36.4 Å². The zero-order valence-electron chi connectivity index (χ0n) is 14.0. The summed E-state index contributed by atoms with van der Waals surface area (Å²) in [6, 6.07) is 17.4. The highest BCUT2D eigenvalue weighted by Crippen LogP contribution is 2.13. The fraction of sp³-hybridized carbons (Fsp3) is 0.222. The second-order valence-corrected chi connectivity index (χ2v) is 6.04. The Balaban J connectivity index is 1.87. The number of nitrogens with zero attached hydrogens (tertiary/aromatic N) is 1. The number of hydrazine groups is 1. The molecule has 0 unspecified atom stereocenters. The lowest BCUT2D eigenvalue weighted by molar-refractivity contribution is 0.0943. The third-order valence-corrected chi connectivity index (χ3v) is 3.78. The number of anilines is 1. The van der Waals surface area contributed by atoms with Gasteiger partial charge in [0.15, 0.2) is 5.11 Å². The van der Waals surface area contributed by atoms with Crippen molar-refractivity contribution < 1.29 is 4.79 Å². The molecule has 0 aromatic heterocycles. The first-order valence-electron chi connectivity index (χ1n) is 7.66. The maximum atomic E-state index is 12.2. The molecule has 24 heavy (non-hydrogen) atoms. The van der Waals surface area contributed by atoms with Gasteiger partial charge in [-0.05, 0) is 42.9 Å². The summed E-state index contributed by atoms with van der Waals surface area (Å²) in [6.45, 7) is 2.01. The first-order chi connectivity index (χ1) is 11.5. The van der Waals surface area contributed by atoms with Crippen molar-refractivity contribution in [2.75, 3.05) is 19.0 Å². The zero-order valence-corrected chi connectivity index (χ0v) is 14.9. The van der Waals surface area contributed by atoms with Crippen LogP contribution in [0.2, 0.25) is 0 Å². The van der Waals surface area contributed by atoms with Crippen LogP contribution in [0, 0.1) is 0 Å². The lowest BCUT2D eigenvalue weighted by atomic mass is 10.1. The molecule has 3 N–H and O–H groups in total. The fourth-order valence-corrected chi connectivity index (χ4v) is 2.40. The van der Waals surface area contributed by atoms with Crippen LogP contribution in [0.25, 0.3) is 0 Å². The summed E-state index contributed by atoms with van der Waals surface area (Å²) in [5.74, 6) is -0.241. The largest absolute Gasteiger partial charge is 0.378 e. The Labute approximate surface area is 148 Å². The van der Waals surface area contributed by atoms with E-state index in [-0.39, 0.29) is 11.9 Å². The van der Waals surface area contributed by atoms with Crippen LogP contribution in [0.15, 0.2) is 54.6 Å². The topological polar surface area (TPSA) is 56.4 Å². The Bertz CT molecular complexity index is 703. The van der Waals surface area contributed by atoms with Crippen molar-refractivity contribution in [3.63, 3.8) is 0 Å². The van der Waals surface area contributed by atoms with Crippen molar-refractivity contribution in [3.05, 3.63) is 65.7 Å². The van der Waals surface area contributed by atoms with Gasteiger partial charge in [0, 0.05) is 25.3 Å². The lowest BCUT2D eigenvalue weighted by Crippen LogP contribution is -2.47. The van der Waals surface area contributed by atoms with E-state index in [4.69, 9.17) is 12.2 Å². The maximum absolute atomic E-state index is 12.2. The lowest BCUT2D eigenvalue weighted by Gasteiger charge is -2.18. The molecule has 1 amide bonds. The smallest absolute Gasteiger partial charge is 0.269 e. The highest BCUT2D eigenvalue weighted by Gasteiger charge is 2.09. The van der Waals surface area contributed by atoms with Gasteiger partial charge in [0.1, 0.15) is 0 Å². The molecule has 5 nitrogen and oxygen atoms in total. The number of amides is 1. The van der Waals surface area contributed by atoms with Crippen molar-refractivity contribution >= 4 is 28.9 Å². The zero-order chi connectivity index (χ0) is 17.5. The van der Waals surface area contributed by atoms with Crippen molar-refractivity contribution in [2.45, 2.75) is 13.0 Å². The molecule has 2 aromatic rings. The SMILES string of the molecule is C[C@@H](NC(=S)NNC(=O)c1cccc(N(C)C)c1)c1ccccc1. The summed E-state index contributed by atoms with van der Waals surface area (Å²) in [5, 5.41) is 3.49. The number of hydrogen-bond donors (Lipinski definition) is 3. The molecule has 0 saturated carbocycles. The Morgan fingerprint density at radius 3 is 2.42 bits per heavy atom. The predicted molar refractivity (Wildman–Crippen MR) is 102 cm³/mol. The number of thiocarbonyl (C=S) groups is 1. The van der Waals surface area contributed by atoms with Crippen LogP contribution < -0.4 is 21.1 Å². The van der Waals surface area contributed by atoms with Gasteiger partial charge in [-0.2, -0.15) is 0 Å². The molecule has 0 heterocycles. The van der Waals surface area contributed by atoms with Gasteiger partial charge in [-0.15, -0.1) is 0 Å². The van der Waals surface area contributed by atoms with Crippen LogP contribution in [0.4, 0.5) is 5.69 Å². The molecule has 0 aliphatic rings. The Morgan fingerprint density at radius 2 is 1.75 bits per heavy atom. The monoisotopic (exact) mass is 342 g/mol. The van der Waals surface area contributed by atoms with Crippen molar-refractivity contribution in [1.29, 1.82) is 0 Å². The number of carbonyl (C=O) groups excluding carboxylic acids is 1. The highest BCUT2D eigenvalue weighted by atomic mass is 32.1. The molecule has 6 heteroatoms. The standard InChI is InChI=1S/C18H22N4OS/c1-13(14-8-5-4-6-9-14)19-18(24)21-20-17(23)15-10-7-11-16(12-15)22(2)3/h4-13H,1-3H3,(H,20,23)(H2,19,21,24)/t13-/m1/s1. The average molecular weight is 342 g/mol. The molecule has 0 radical (unpaired) electrons. The molecule has 0 fully saturated rings. The first kappa shape index (κ1) is 17.7. The van der Waals surface area contributed by atoms with E-state index in [2.05, 4.69) is 16.2 Å². The molecule has 126 valence electrons. The van der Waals surface area contributed by atoms with Crippen molar-refractivity contribution in [1.82, 2.24) is 16.2 Å². The summed E-state index contributed by atoms with van der Waals surface area (Å²) in [6.07, 6.45) is 0. The van der Waals surface area contributed by atoms with Gasteiger partial charge in [0.25, 0.3) is 5.91 Å². The van der Waals surface area contributed by atoms with E-state index in [0.717, 1.165) is 11.3 Å². The Hall–Kier alpha value is -2.60. The van der Waals surface area contributed by atoms with E-state index >= 15 is 0 Å². The first-order valence-corrected chi connectivity index (χ1v) is 8.07. The normalized spacial score (nSPS) is 11.3. The summed E-state index contributed by atoms with van der Waals surface area (Å²) >= 11 is 5.22. The molecule has 0 aliphatic heterocycles. The summed E-state index contributed by atoms with van der Waals surface area (Å²) in [7, 11) is 3.86. The predicted octanol–water partition coefficient (Wildman–Crippen LogP) is 2.62. The number of benzene rings is 2. The molecular weight excluding hydrogens is 320 g/mol. The molecule has 2 rings (SSSR count). The van der Waals surface area contributed by atoms with Gasteiger partial charge in [0.05, 0.1) is 6.04 Å². The summed E-state index contributed by atoms with van der Waals surface area (Å²) < 4.78 is 0. The second-order valence-electron chi connectivity index (χ2n) is 5.63. The molecule has 2 aromatic carbocycles. The van der Waals surface area contributed by atoms with E-state index in [0.29, 0.717) is 10.7 Å². The van der Waals surface area contributed by atoms with Gasteiger partial charge in [0.2, 0.25) is 0 Å². The minimum atomic E-state index is -0.241. The van der Waals surface area contributed by atoms with Crippen molar-refractivity contribution in [3.8, 4) is 0 Å². The average Bonchev–Trinajstić information content (AvgIpc) is 2.60. The molecule has 0 bridgehead atoms. The molecule has 1 atom stereocenters. The van der Waals surface area contributed by atoms with Crippen LogP contribution in [0.1, 0.15) is 28.9 Å². The van der Waals surface area contributed by atoms with E-state index < -0.39 is 0 Å². The van der Waals surface area contributed by atoms with Crippen molar-refractivity contribution in [2.24, 2.45) is 0 Å². The maximum Gasteiger partial charge on any atom is 0.269 e. The van der Waals surface area contributed by atoms with Gasteiger partial charge in [-0.25, -0.2) is 0 Å². The third kappa shape index (κ3) is 4.96. The van der Waals surface area contributed by atoms with E-state index in [9.17, 15) is 4.79 Å². The van der Waals surface area contributed by atoms with E-state index in [1.807, 2.05) is 74.4 Å². The minimum absolute atomic E-state index is 0.0418. The molecule has 0 saturated heterocycles. The van der Waals surface area contributed by atoms with Crippen LogP contribution in [0.5, 0.6) is 0 Å². The summed E-state index contributed by atoms with van der Waals surface area (Å²) in [5.41, 5.74) is 7.99.